The number of amides is 2. The molecule has 0 aliphatic carbocycles. The van der Waals surface area contributed by atoms with E-state index in [-0.39, 0.29) is 30.2 Å². The molecule has 2 amide bonds. The third kappa shape index (κ3) is 4.62. The van der Waals surface area contributed by atoms with Crippen LogP contribution in [0, 0.1) is 29.9 Å². The van der Waals surface area contributed by atoms with Crippen molar-refractivity contribution in [1.82, 2.24) is 0 Å². The van der Waals surface area contributed by atoms with E-state index in [1.54, 1.807) is 4.90 Å². The van der Waals surface area contributed by atoms with Crippen molar-refractivity contribution in [2.45, 2.75) is 20.3 Å². The Kier molecular flexibility index (Phi) is 6.10. The summed E-state index contributed by atoms with van der Waals surface area (Å²) in [6, 6.07) is 11.1. The van der Waals surface area contributed by atoms with Gasteiger partial charge >= 0.3 is 5.97 Å². The quantitative estimate of drug-likeness (QED) is 0.443. The molecular weight excluding hydrogens is 390 g/mol. The second kappa shape index (κ2) is 8.73. The summed E-state index contributed by atoms with van der Waals surface area (Å²) >= 11 is 0. The molecule has 2 aromatic rings. The normalized spacial score (nSPS) is 15.7. The third-order valence-electron chi connectivity index (χ3n) is 4.85. The number of nitro benzene ring substituents is 1. The van der Waals surface area contributed by atoms with E-state index in [0.717, 1.165) is 16.8 Å². The van der Waals surface area contributed by atoms with Gasteiger partial charge in [0.1, 0.15) is 0 Å². The van der Waals surface area contributed by atoms with Crippen LogP contribution in [-0.4, -0.2) is 35.9 Å². The fraction of sp³-hybridized carbons (Fsp3) is 0.286. The number of esters is 1. The molecule has 0 radical (unpaired) electrons. The maximum atomic E-state index is 12.4. The number of rotatable bonds is 6. The number of ether oxygens (including phenoxy) is 1. The van der Waals surface area contributed by atoms with E-state index in [2.05, 4.69) is 5.32 Å². The van der Waals surface area contributed by atoms with E-state index >= 15 is 0 Å². The van der Waals surface area contributed by atoms with Crippen LogP contribution in [0.25, 0.3) is 0 Å². The first-order valence-electron chi connectivity index (χ1n) is 9.34. The number of nitrogens with zero attached hydrogens (tertiary/aromatic N) is 2. The number of anilines is 2. The van der Waals surface area contributed by atoms with E-state index in [0.29, 0.717) is 0 Å². The lowest BCUT2D eigenvalue weighted by Crippen LogP contribution is -2.29. The average molecular weight is 411 g/mol. The molecule has 9 heteroatoms. The minimum atomic E-state index is -0.665. The van der Waals surface area contributed by atoms with Crippen molar-refractivity contribution in [2.75, 3.05) is 23.4 Å². The molecule has 30 heavy (non-hydrogen) atoms. The maximum absolute atomic E-state index is 12.4. The number of hydrogen-bond acceptors (Lipinski definition) is 6. The summed E-state index contributed by atoms with van der Waals surface area (Å²) in [6.45, 7) is 3.45. The van der Waals surface area contributed by atoms with Crippen LogP contribution in [0.1, 0.15) is 17.5 Å². The molecule has 1 fully saturated rings. The van der Waals surface area contributed by atoms with Crippen LogP contribution in [0.4, 0.5) is 17.1 Å². The van der Waals surface area contributed by atoms with Crippen molar-refractivity contribution in [1.29, 1.82) is 0 Å². The molecule has 0 saturated carbocycles. The summed E-state index contributed by atoms with van der Waals surface area (Å²) in [6.07, 6.45) is 0.0130. The first-order chi connectivity index (χ1) is 14.3. The molecule has 1 aliphatic rings. The van der Waals surface area contributed by atoms with Gasteiger partial charge in [0.15, 0.2) is 6.61 Å². The second-order valence-electron chi connectivity index (χ2n) is 7.11. The topological polar surface area (TPSA) is 119 Å². The minimum absolute atomic E-state index is 0.0130. The maximum Gasteiger partial charge on any atom is 0.311 e. The zero-order valence-corrected chi connectivity index (χ0v) is 16.6. The Morgan fingerprint density at radius 2 is 1.87 bits per heavy atom. The molecule has 156 valence electrons. The first kappa shape index (κ1) is 21.0. The predicted octanol–water partition coefficient (Wildman–Crippen LogP) is 2.75. The Hall–Kier alpha value is -3.75. The van der Waals surface area contributed by atoms with Gasteiger partial charge in [0, 0.05) is 36.5 Å². The highest BCUT2D eigenvalue weighted by atomic mass is 16.6. The van der Waals surface area contributed by atoms with Crippen molar-refractivity contribution in [3.8, 4) is 0 Å². The molecule has 3 rings (SSSR count). The van der Waals surface area contributed by atoms with Gasteiger partial charge in [0.2, 0.25) is 5.91 Å². The number of aryl methyl sites for hydroxylation is 2. The van der Waals surface area contributed by atoms with Crippen molar-refractivity contribution in [3.05, 3.63) is 63.7 Å². The average Bonchev–Trinajstić information content (AvgIpc) is 3.07. The lowest BCUT2D eigenvalue weighted by molar-refractivity contribution is -0.384. The fourth-order valence-corrected chi connectivity index (χ4v) is 3.46. The number of carbonyl (C=O) groups excluding carboxylic acids is 3. The van der Waals surface area contributed by atoms with Crippen LogP contribution in [0.3, 0.4) is 0 Å². The zero-order valence-electron chi connectivity index (χ0n) is 16.6. The smallest absolute Gasteiger partial charge is 0.311 e. The summed E-state index contributed by atoms with van der Waals surface area (Å²) < 4.78 is 5.07. The molecule has 0 unspecified atom stereocenters. The van der Waals surface area contributed by atoms with E-state index < -0.39 is 29.3 Å². The van der Waals surface area contributed by atoms with Gasteiger partial charge in [-0.1, -0.05) is 24.3 Å². The lowest BCUT2D eigenvalue weighted by atomic mass is 10.1. The van der Waals surface area contributed by atoms with E-state index in [4.69, 9.17) is 4.74 Å². The zero-order chi connectivity index (χ0) is 21.8. The van der Waals surface area contributed by atoms with Crippen molar-refractivity contribution in [3.63, 3.8) is 0 Å². The van der Waals surface area contributed by atoms with Crippen molar-refractivity contribution >= 4 is 34.8 Å². The highest BCUT2D eigenvalue weighted by molar-refractivity contribution is 6.01. The molecule has 0 aromatic heterocycles. The fourth-order valence-electron chi connectivity index (χ4n) is 3.46. The molecule has 0 spiro atoms. The van der Waals surface area contributed by atoms with Crippen LogP contribution in [0.15, 0.2) is 42.5 Å². The number of para-hydroxylation sites is 1. The molecule has 1 aliphatic heterocycles. The van der Waals surface area contributed by atoms with Crippen molar-refractivity contribution < 1.29 is 24.0 Å². The van der Waals surface area contributed by atoms with Crippen molar-refractivity contribution in [2.24, 2.45) is 5.92 Å². The molecule has 1 atom stereocenters. The summed E-state index contributed by atoms with van der Waals surface area (Å²) in [5, 5.41) is 13.2. The number of nitrogens with one attached hydrogen (secondary N) is 1. The molecule has 9 nitrogen and oxygen atoms in total. The molecule has 0 bridgehead atoms. The van der Waals surface area contributed by atoms with E-state index in [9.17, 15) is 24.5 Å². The van der Waals surface area contributed by atoms with Gasteiger partial charge in [-0.25, -0.2) is 0 Å². The van der Waals surface area contributed by atoms with Crippen LogP contribution in [0.5, 0.6) is 0 Å². The molecule has 1 N–H and O–H groups in total. The summed E-state index contributed by atoms with van der Waals surface area (Å²) in [7, 11) is 0. The Bertz CT molecular complexity index is 999. The largest absolute Gasteiger partial charge is 0.455 e. The van der Waals surface area contributed by atoms with Crippen LogP contribution < -0.4 is 10.2 Å². The summed E-state index contributed by atoms with van der Waals surface area (Å²) in [5.41, 5.74) is 2.73. The summed E-state index contributed by atoms with van der Waals surface area (Å²) in [5.74, 6) is -2.09. The molecule has 2 aromatic carbocycles. The lowest BCUT2D eigenvalue weighted by Gasteiger charge is -2.21. The van der Waals surface area contributed by atoms with Gasteiger partial charge in [0.05, 0.1) is 10.8 Å². The second-order valence-corrected chi connectivity index (χ2v) is 7.11. The first-order valence-corrected chi connectivity index (χ1v) is 9.34. The molecule has 1 heterocycles. The number of non-ortho nitro benzene ring substituents is 1. The van der Waals surface area contributed by atoms with Crippen LogP contribution in [0.2, 0.25) is 0 Å². The predicted molar refractivity (Wildman–Crippen MR) is 109 cm³/mol. The highest BCUT2D eigenvalue weighted by Gasteiger charge is 2.37. The Morgan fingerprint density at radius 3 is 2.53 bits per heavy atom. The number of carbonyl (C=O) groups is 3. The van der Waals surface area contributed by atoms with Crippen LogP contribution >= 0.6 is 0 Å². The Labute approximate surface area is 172 Å². The SMILES string of the molecule is Cc1cccc(C)c1N1C[C@H](C(=O)OCC(=O)Nc2cccc([N+](=O)[O-])c2)CC1=O. The van der Waals surface area contributed by atoms with Gasteiger partial charge in [-0.2, -0.15) is 0 Å². The highest BCUT2D eigenvalue weighted by Crippen LogP contribution is 2.31. The van der Waals surface area contributed by atoms with Gasteiger partial charge in [0.25, 0.3) is 11.6 Å². The number of nitro groups is 1. The number of benzene rings is 2. The Morgan fingerprint density at radius 1 is 1.20 bits per heavy atom. The van der Waals surface area contributed by atoms with Crippen LogP contribution in [-0.2, 0) is 19.1 Å². The number of hydrogen-bond donors (Lipinski definition) is 1. The van der Waals surface area contributed by atoms with Gasteiger partial charge < -0.3 is 15.0 Å². The van der Waals surface area contributed by atoms with Gasteiger partial charge in [-0.3, -0.25) is 24.5 Å². The van der Waals surface area contributed by atoms with E-state index in [1.165, 1.54) is 24.3 Å². The van der Waals surface area contributed by atoms with E-state index in [1.807, 2.05) is 32.0 Å². The standard InChI is InChI=1S/C21H21N3O6/c1-13-5-3-6-14(2)20(13)23-11-15(9-19(23)26)21(27)30-12-18(25)22-16-7-4-8-17(10-16)24(28)29/h3-8,10,15H,9,11-12H2,1-2H3,(H,22,25)/t15-/m1/s1. The minimum Gasteiger partial charge on any atom is -0.455 e. The Balaban J connectivity index is 1.56. The monoisotopic (exact) mass is 411 g/mol. The molecule has 1 saturated heterocycles. The summed E-state index contributed by atoms with van der Waals surface area (Å²) in [4.78, 5) is 48.6. The third-order valence-corrected chi connectivity index (χ3v) is 4.85. The van der Waals surface area contributed by atoms with Gasteiger partial charge in [-0.05, 0) is 31.0 Å². The molecular formula is C21H21N3O6. The van der Waals surface area contributed by atoms with Gasteiger partial charge in [-0.15, -0.1) is 0 Å².